The van der Waals surface area contributed by atoms with Gasteiger partial charge in [0.05, 0.1) is 0 Å². The Morgan fingerprint density at radius 1 is 1.26 bits per heavy atom. The van der Waals surface area contributed by atoms with E-state index in [0.717, 1.165) is 51.6 Å². The maximum absolute atomic E-state index is 11.8. The second kappa shape index (κ2) is 10.5. The molecule has 1 amide bonds. The zero-order valence-corrected chi connectivity index (χ0v) is 15.6. The van der Waals surface area contributed by atoms with Crippen LogP contribution in [0.25, 0.3) is 0 Å². The molecule has 0 aromatic rings. The van der Waals surface area contributed by atoms with Crippen molar-refractivity contribution in [2.24, 2.45) is 10.9 Å². The van der Waals surface area contributed by atoms with Gasteiger partial charge in [0.2, 0.25) is 5.91 Å². The molecule has 1 rings (SSSR count). The van der Waals surface area contributed by atoms with Crippen molar-refractivity contribution >= 4 is 11.9 Å². The Labute approximate surface area is 141 Å². The Balaban J connectivity index is 2.61. The third-order valence-corrected chi connectivity index (χ3v) is 4.39. The van der Waals surface area contributed by atoms with E-state index in [0.29, 0.717) is 5.92 Å². The summed E-state index contributed by atoms with van der Waals surface area (Å²) in [6, 6.07) is 0. The van der Waals surface area contributed by atoms with E-state index >= 15 is 0 Å². The summed E-state index contributed by atoms with van der Waals surface area (Å²) in [5.74, 6) is 1.62. The Morgan fingerprint density at radius 3 is 2.52 bits per heavy atom. The van der Waals surface area contributed by atoms with Crippen molar-refractivity contribution < 1.29 is 4.79 Å². The van der Waals surface area contributed by atoms with Crippen molar-refractivity contribution in [3.05, 3.63) is 0 Å². The molecule has 1 heterocycles. The minimum absolute atomic E-state index is 0.0414. The van der Waals surface area contributed by atoms with Crippen LogP contribution in [0.3, 0.4) is 0 Å². The largest absolute Gasteiger partial charge is 0.356 e. The molecule has 134 valence electrons. The summed E-state index contributed by atoms with van der Waals surface area (Å²) in [5, 5.41) is 3.40. The minimum atomic E-state index is 0.0414. The molecule has 6 nitrogen and oxygen atoms in total. The van der Waals surface area contributed by atoms with Crippen LogP contribution >= 0.6 is 0 Å². The molecule has 0 aliphatic carbocycles. The number of hydrogen-bond donors (Lipinski definition) is 1. The molecule has 0 aromatic heterocycles. The molecule has 0 aromatic carbocycles. The second-order valence-electron chi connectivity index (χ2n) is 6.44. The summed E-state index contributed by atoms with van der Waals surface area (Å²) in [7, 11) is 3.54. The smallest absolute Gasteiger partial charge is 0.243 e. The van der Waals surface area contributed by atoms with Crippen molar-refractivity contribution in [2.45, 2.75) is 33.6 Å². The summed E-state index contributed by atoms with van der Waals surface area (Å²) in [6.07, 6.45) is 2.25. The molecule has 1 aliphatic heterocycles. The number of nitrogens with one attached hydrogen (secondary N) is 1. The van der Waals surface area contributed by atoms with E-state index in [1.54, 1.807) is 19.0 Å². The van der Waals surface area contributed by atoms with Crippen LogP contribution in [0, 0.1) is 5.92 Å². The van der Waals surface area contributed by atoms with Crippen molar-refractivity contribution in [2.75, 3.05) is 59.9 Å². The number of likely N-dealkylation sites (N-methyl/N-ethyl adjacent to an activating group) is 1. The van der Waals surface area contributed by atoms with E-state index < -0.39 is 0 Å². The van der Waals surface area contributed by atoms with E-state index in [4.69, 9.17) is 0 Å². The molecule has 1 fully saturated rings. The lowest BCUT2D eigenvalue weighted by Gasteiger charge is -2.24. The Morgan fingerprint density at radius 2 is 1.96 bits per heavy atom. The topological polar surface area (TPSA) is 51.2 Å². The van der Waals surface area contributed by atoms with E-state index in [-0.39, 0.29) is 12.5 Å². The SMILES string of the molecule is CCCNC(=NCC(=O)N(C)C)N1CCC(CN(CC)CC)C1. The van der Waals surface area contributed by atoms with Gasteiger partial charge in [-0.1, -0.05) is 20.8 Å². The third kappa shape index (κ3) is 6.77. The van der Waals surface area contributed by atoms with Gasteiger partial charge >= 0.3 is 0 Å². The lowest BCUT2D eigenvalue weighted by Crippen LogP contribution is -2.42. The van der Waals surface area contributed by atoms with Gasteiger partial charge in [-0.3, -0.25) is 4.79 Å². The van der Waals surface area contributed by atoms with E-state index in [9.17, 15) is 4.79 Å². The first-order chi connectivity index (χ1) is 11.0. The molecule has 0 bridgehead atoms. The highest BCUT2D eigenvalue weighted by Crippen LogP contribution is 2.17. The van der Waals surface area contributed by atoms with Gasteiger partial charge in [0.25, 0.3) is 0 Å². The van der Waals surface area contributed by atoms with Gasteiger partial charge < -0.3 is 20.0 Å². The average molecular weight is 326 g/mol. The molecule has 23 heavy (non-hydrogen) atoms. The van der Waals surface area contributed by atoms with E-state index in [1.165, 1.54) is 6.42 Å². The van der Waals surface area contributed by atoms with Crippen LogP contribution in [-0.2, 0) is 4.79 Å². The molecule has 1 atom stereocenters. The number of guanidine groups is 1. The van der Waals surface area contributed by atoms with Crippen LogP contribution in [0.2, 0.25) is 0 Å². The van der Waals surface area contributed by atoms with Gasteiger partial charge in [-0.2, -0.15) is 0 Å². The number of rotatable bonds is 8. The average Bonchev–Trinajstić information content (AvgIpc) is 3.00. The maximum atomic E-state index is 11.8. The first-order valence-corrected chi connectivity index (χ1v) is 8.97. The normalized spacial score (nSPS) is 18.6. The fraction of sp³-hybridized carbons (Fsp3) is 0.882. The number of hydrogen-bond acceptors (Lipinski definition) is 3. The molecule has 1 saturated heterocycles. The van der Waals surface area contributed by atoms with Crippen LogP contribution in [0.15, 0.2) is 4.99 Å². The Bertz CT molecular complexity index is 379. The van der Waals surface area contributed by atoms with E-state index in [2.05, 4.69) is 40.9 Å². The maximum Gasteiger partial charge on any atom is 0.243 e. The van der Waals surface area contributed by atoms with Gasteiger partial charge in [0, 0.05) is 40.3 Å². The quantitative estimate of drug-likeness (QED) is 0.536. The predicted octanol–water partition coefficient (Wildman–Crippen LogP) is 1.09. The summed E-state index contributed by atoms with van der Waals surface area (Å²) in [5.41, 5.74) is 0. The van der Waals surface area contributed by atoms with Crippen LogP contribution < -0.4 is 5.32 Å². The zero-order chi connectivity index (χ0) is 17.2. The van der Waals surface area contributed by atoms with Gasteiger partial charge in [-0.05, 0) is 31.8 Å². The molecule has 1 unspecified atom stereocenters. The first-order valence-electron chi connectivity index (χ1n) is 8.97. The number of carbonyl (C=O) groups excluding carboxylic acids is 1. The molecule has 6 heteroatoms. The summed E-state index contributed by atoms with van der Waals surface area (Å²) < 4.78 is 0. The highest BCUT2D eigenvalue weighted by molar-refractivity contribution is 5.85. The summed E-state index contributed by atoms with van der Waals surface area (Å²) in [6.45, 7) is 13.1. The number of amides is 1. The van der Waals surface area contributed by atoms with Gasteiger partial charge in [0.15, 0.2) is 5.96 Å². The molecule has 1 N–H and O–H groups in total. The first kappa shape index (κ1) is 19.7. The van der Waals surface area contributed by atoms with Gasteiger partial charge in [0.1, 0.15) is 6.54 Å². The van der Waals surface area contributed by atoms with Crippen molar-refractivity contribution in [3.63, 3.8) is 0 Å². The van der Waals surface area contributed by atoms with Crippen molar-refractivity contribution in [3.8, 4) is 0 Å². The predicted molar refractivity (Wildman–Crippen MR) is 96.8 cm³/mol. The van der Waals surface area contributed by atoms with Gasteiger partial charge in [-0.25, -0.2) is 4.99 Å². The van der Waals surface area contributed by atoms with E-state index in [1.807, 2.05) is 0 Å². The molecule has 0 radical (unpaired) electrons. The van der Waals surface area contributed by atoms with Crippen LogP contribution in [0.1, 0.15) is 33.6 Å². The molecule has 1 aliphatic rings. The lowest BCUT2D eigenvalue weighted by molar-refractivity contribution is -0.127. The summed E-state index contributed by atoms with van der Waals surface area (Å²) >= 11 is 0. The zero-order valence-electron chi connectivity index (χ0n) is 15.6. The monoisotopic (exact) mass is 325 g/mol. The number of likely N-dealkylation sites (tertiary alicyclic amines) is 1. The number of carbonyl (C=O) groups is 1. The fourth-order valence-corrected chi connectivity index (χ4v) is 2.81. The summed E-state index contributed by atoms with van der Waals surface area (Å²) in [4.78, 5) is 22.7. The van der Waals surface area contributed by atoms with Crippen molar-refractivity contribution in [1.29, 1.82) is 0 Å². The van der Waals surface area contributed by atoms with Crippen LogP contribution in [0.5, 0.6) is 0 Å². The second-order valence-corrected chi connectivity index (χ2v) is 6.44. The third-order valence-electron chi connectivity index (χ3n) is 4.39. The highest BCUT2D eigenvalue weighted by Gasteiger charge is 2.26. The molecular formula is C17H35N5O. The standard InChI is InChI=1S/C17H35N5O/c1-6-10-18-17(19-12-16(23)20(4)5)22-11-9-15(14-22)13-21(7-2)8-3/h15H,6-14H2,1-5H3,(H,18,19). The van der Waals surface area contributed by atoms with Crippen molar-refractivity contribution in [1.82, 2.24) is 20.0 Å². The number of nitrogens with zero attached hydrogens (tertiary/aromatic N) is 4. The Kier molecular flexibility index (Phi) is 8.99. The minimum Gasteiger partial charge on any atom is -0.356 e. The fourth-order valence-electron chi connectivity index (χ4n) is 2.81. The van der Waals surface area contributed by atoms with Gasteiger partial charge in [-0.15, -0.1) is 0 Å². The highest BCUT2D eigenvalue weighted by atomic mass is 16.2. The van der Waals surface area contributed by atoms with Crippen LogP contribution in [-0.4, -0.2) is 86.5 Å². The number of aliphatic imine (C=N–C) groups is 1. The van der Waals surface area contributed by atoms with Crippen LogP contribution in [0.4, 0.5) is 0 Å². The Hall–Kier alpha value is -1.30. The molecular weight excluding hydrogens is 290 g/mol. The molecule has 0 saturated carbocycles. The molecule has 0 spiro atoms. The lowest BCUT2D eigenvalue weighted by atomic mass is 10.1.